The van der Waals surface area contributed by atoms with E-state index in [0.717, 1.165) is 56.7 Å². The summed E-state index contributed by atoms with van der Waals surface area (Å²) in [4.78, 5) is 20.7. The Morgan fingerprint density at radius 3 is 1.92 bits per heavy atom. The summed E-state index contributed by atoms with van der Waals surface area (Å²) < 4.78 is 7.11. The third kappa shape index (κ3) is 4.96. The van der Waals surface area contributed by atoms with Crippen LogP contribution in [-0.2, 0) is 0 Å². The fraction of sp³-hybridized carbons (Fsp3) is 0.0435. The van der Waals surface area contributed by atoms with Crippen molar-refractivity contribution >= 4 is 79.7 Å². The van der Waals surface area contributed by atoms with Crippen molar-refractivity contribution in [2.24, 2.45) is 0 Å². The molecule has 0 atom stereocenters. The molecule has 0 saturated carbocycles. The number of allylic oxidation sites excluding steroid dienone is 4. The maximum absolute atomic E-state index is 5.26. The number of aromatic nitrogens is 5. The molecule has 250 valence electrons. The lowest BCUT2D eigenvalue weighted by molar-refractivity contribution is 1.01. The molecule has 0 radical (unpaired) electrons. The summed E-state index contributed by atoms with van der Waals surface area (Å²) in [5.41, 5.74) is 7.34. The van der Waals surface area contributed by atoms with Gasteiger partial charge in [0.25, 0.3) is 0 Å². The molecule has 4 aromatic heterocycles. The summed E-state index contributed by atoms with van der Waals surface area (Å²) in [6, 6.07) is 46.9. The maximum Gasteiger partial charge on any atom is 0.165 e. The summed E-state index contributed by atoms with van der Waals surface area (Å²) in [5.74, 6) is 2.96. The van der Waals surface area contributed by atoms with Gasteiger partial charge in [-0.1, -0.05) is 97.1 Å². The number of thiophene rings is 2. The number of hydrogen-bond acceptors (Lipinski definition) is 6. The van der Waals surface area contributed by atoms with Crippen LogP contribution in [0.1, 0.15) is 12.8 Å². The molecule has 0 bridgehead atoms. The first-order chi connectivity index (χ1) is 26.3. The summed E-state index contributed by atoms with van der Waals surface area (Å²) in [6.45, 7) is 0. The van der Waals surface area contributed by atoms with Crippen molar-refractivity contribution in [2.45, 2.75) is 12.8 Å². The number of rotatable bonds is 5. The Bertz CT molecular complexity index is 3130. The molecule has 4 heterocycles. The zero-order valence-electron chi connectivity index (χ0n) is 28.4. The molecule has 11 rings (SSSR count). The Morgan fingerprint density at radius 1 is 0.491 bits per heavy atom. The van der Waals surface area contributed by atoms with E-state index < -0.39 is 0 Å². The predicted molar refractivity (Wildman–Crippen MR) is 223 cm³/mol. The van der Waals surface area contributed by atoms with Crippen LogP contribution in [0.4, 0.5) is 0 Å². The molecule has 1 aliphatic carbocycles. The second-order valence-corrected chi connectivity index (χ2v) is 15.4. The number of imidazole rings is 1. The zero-order chi connectivity index (χ0) is 34.9. The first kappa shape index (κ1) is 30.4. The highest BCUT2D eigenvalue weighted by Crippen LogP contribution is 2.43. The molecule has 0 amide bonds. The Morgan fingerprint density at radius 2 is 1.15 bits per heavy atom. The number of nitrogens with zero attached hydrogens (tertiary/aromatic N) is 5. The van der Waals surface area contributed by atoms with Crippen LogP contribution < -0.4 is 0 Å². The number of hydrogen-bond donors (Lipinski definition) is 0. The average molecular weight is 716 g/mol. The molecular weight excluding hydrogens is 687 g/mol. The first-order valence-corrected chi connectivity index (χ1v) is 19.4. The van der Waals surface area contributed by atoms with E-state index in [1.165, 1.54) is 41.3 Å². The Labute approximate surface area is 312 Å². The molecule has 10 aromatic rings. The van der Waals surface area contributed by atoms with Crippen molar-refractivity contribution in [3.05, 3.63) is 152 Å². The highest BCUT2D eigenvalue weighted by atomic mass is 32.1. The van der Waals surface area contributed by atoms with Crippen LogP contribution in [0.2, 0.25) is 0 Å². The molecule has 0 N–H and O–H groups in total. The molecule has 7 heteroatoms. The highest BCUT2D eigenvalue weighted by molar-refractivity contribution is 7.26. The minimum Gasteiger partial charge on any atom is -0.293 e. The third-order valence-corrected chi connectivity index (χ3v) is 12.5. The van der Waals surface area contributed by atoms with E-state index >= 15 is 0 Å². The van der Waals surface area contributed by atoms with Crippen LogP contribution in [0.5, 0.6) is 0 Å². The van der Waals surface area contributed by atoms with Crippen LogP contribution in [0, 0.1) is 0 Å². The van der Waals surface area contributed by atoms with Crippen LogP contribution in [0.3, 0.4) is 0 Å². The molecule has 0 unspecified atom stereocenters. The number of fused-ring (bicyclic) bond motifs is 7. The third-order valence-electron chi connectivity index (χ3n) is 10.1. The molecule has 0 aliphatic heterocycles. The summed E-state index contributed by atoms with van der Waals surface area (Å²) >= 11 is 3.58. The van der Waals surface area contributed by atoms with Gasteiger partial charge in [0.05, 0.1) is 11.0 Å². The van der Waals surface area contributed by atoms with Gasteiger partial charge in [-0.25, -0.2) is 19.9 Å². The first-order valence-electron chi connectivity index (χ1n) is 17.8. The van der Waals surface area contributed by atoms with Crippen LogP contribution in [0.15, 0.2) is 152 Å². The van der Waals surface area contributed by atoms with Gasteiger partial charge >= 0.3 is 0 Å². The standard InChI is InChI=1S/C46H29N5S2/c1-3-13-28(14-4-1)43-48-44(34-20-11-18-32-31-17-7-10-24-39(31)52-41(32)34)50-45(49-43)35-21-12-19-33-36-27-29(25-26-40(36)53-42(33)35)46-47-37-22-8-9-23-38(37)51(46)30-15-5-2-6-16-30/h1,3-5,7-27H,2,6H2. The van der Waals surface area contributed by atoms with Crippen LogP contribution in [-0.4, -0.2) is 24.5 Å². The maximum atomic E-state index is 5.26. The second kappa shape index (κ2) is 12.2. The van der Waals surface area contributed by atoms with Crippen molar-refractivity contribution in [1.29, 1.82) is 0 Å². The Hall–Kier alpha value is -6.28. The number of para-hydroxylation sites is 2. The lowest BCUT2D eigenvalue weighted by Gasteiger charge is -2.13. The molecule has 0 spiro atoms. The smallest absolute Gasteiger partial charge is 0.165 e. The fourth-order valence-electron chi connectivity index (χ4n) is 7.62. The molecule has 5 nitrogen and oxygen atoms in total. The van der Waals surface area contributed by atoms with Crippen molar-refractivity contribution < 1.29 is 0 Å². The predicted octanol–water partition coefficient (Wildman–Crippen LogP) is 12.8. The molecule has 6 aromatic carbocycles. The topological polar surface area (TPSA) is 56.5 Å². The van der Waals surface area contributed by atoms with Crippen molar-refractivity contribution in [3.8, 4) is 45.6 Å². The normalized spacial score (nSPS) is 13.2. The van der Waals surface area contributed by atoms with Gasteiger partial charge in [0, 0.05) is 68.3 Å². The SMILES string of the molecule is C1=CC(n2c(-c3ccc4sc5c(-c6nc(-c7ccccc7)nc(-c7cccc8c7sc7ccccc78)n6)cccc5c4c3)nc3ccccc32)=CCC1. The molecule has 0 fully saturated rings. The van der Waals surface area contributed by atoms with Gasteiger partial charge in [-0.05, 0) is 67.4 Å². The van der Waals surface area contributed by atoms with E-state index in [9.17, 15) is 0 Å². The lowest BCUT2D eigenvalue weighted by atomic mass is 10.1. The summed E-state index contributed by atoms with van der Waals surface area (Å²) in [6.07, 6.45) is 8.88. The Balaban J connectivity index is 1.11. The van der Waals surface area contributed by atoms with E-state index in [0.29, 0.717) is 17.5 Å². The van der Waals surface area contributed by atoms with E-state index in [-0.39, 0.29) is 0 Å². The van der Waals surface area contributed by atoms with Crippen LogP contribution in [0.25, 0.3) is 103 Å². The summed E-state index contributed by atoms with van der Waals surface area (Å²) in [5, 5.41) is 4.85. The van der Waals surface area contributed by atoms with Gasteiger partial charge in [0.15, 0.2) is 17.5 Å². The number of benzene rings is 6. The second-order valence-electron chi connectivity index (χ2n) is 13.3. The largest absolute Gasteiger partial charge is 0.293 e. The van der Waals surface area contributed by atoms with Crippen molar-refractivity contribution in [1.82, 2.24) is 24.5 Å². The summed E-state index contributed by atoms with van der Waals surface area (Å²) in [7, 11) is 0. The van der Waals surface area contributed by atoms with Gasteiger partial charge in [0.1, 0.15) is 5.82 Å². The molecular formula is C46H29N5S2. The lowest BCUT2D eigenvalue weighted by Crippen LogP contribution is -2.00. The monoisotopic (exact) mass is 715 g/mol. The zero-order valence-corrected chi connectivity index (χ0v) is 30.0. The van der Waals surface area contributed by atoms with Crippen molar-refractivity contribution in [2.75, 3.05) is 0 Å². The quantitative estimate of drug-likeness (QED) is 0.178. The minimum atomic E-state index is 0.661. The van der Waals surface area contributed by atoms with E-state index in [1.54, 1.807) is 22.7 Å². The molecule has 53 heavy (non-hydrogen) atoms. The average Bonchev–Trinajstić information content (AvgIpc) is 3.92. The molecule has 0 saturated heterocycles. The minimum absolute atomic E-state index is 0.661. The van der Waals surface area contributed by atoms with Gasteiger partial charge in [-0.15, -0.1) is 22.7 Å². The highest BCUT2D eigenvalue weighted by Gasteiger charge is 2.21. The van der Waals surface area contributed by atoms with E-state index in [2.05, 4.69) is 138 Å². The van der Waals surface area contributed by atoms with E-state index in [4.69, 9.17) is 19.9 Å². The molecule has 1 aliphatic rings. The van der Waals surface area contributed by atoms with Crippen LogP contribution >= 0.6 is 22.7 Å². The van der Waals surface area contributed by atoms with Gasteiger partial charge in [-0.2, -0.15) is 0 Å². The Kier molecular flexibility index (Phi) is 6.96. The van der Waals surface area contributed by atoms with E-state index in [1.807, 2.05) is 18.2 Å². The van der Waals surface area contributed by atoms with Gasteiger partial charge < -0.3 is 0 Å². The van der Waals surface area contributed by atoms with Gasteiger partial charge in [0.2, 0.25) is 0 Å². The van der Waals surface area contributed by atoms with Crippen molar-refractivity contribution in [3.63, 3.8) is 0 Å². The van der Waals surface area contributed by atoms with Gasteiger partial charge in [-0.3, -0.25) is 4.57 Å². The fourth-order valence-corrected chi connectivity index (χ4v) is 10.0.